The van der Waals surface area contributed by atoms with Gasteiger partial charge in [-0.15, -0.1) is 0 Å². The summed E-state index contributed by atoms with van der Waals surface area (Å²) in [6.45, 7) is 2.14. The molecule has 0 aromatic rings. The minimum atomic E-state index is -0.401. The topological polar surface area (TPSA) is 81.5 Å². The third-order valence-corrected chi connectivity index (χ3v) is 4.73. The van der Waals surface area contributed by atoms with Gasteiger partial charge in [0.15, 0.2) is 0 Å². The van der Waals surface area contributed by atoms with Crippen molar-refractivity contribution in [1.29, 1.82) is 0 Å². The quantitative estimate of drug-likeness (QED) is 0.133. The Kier molecular flexibility index (Phi) is 12.0. The minimum absolute atomic E-state index is 0.0522. The van der Waals surface area contributed by atoms with Crippen molar-refractivity contribution < 1.29 is 9.84 Å². The maximum Gasteiger partial charge on any atom is 0.0948 e. The molecule has 0 radical (unpaired) electrons. The highest BCUT2D eigenvalue weighted by Crippen LogP contribution is 2.31. The van der Waals surface area contributed by atoms with E-state index < -0.39 is 6.04 Å². The summed E-state index contributed by atoms with van der Waals surface area (Å²) in [4.78, 5) is 2.75. The molecule has 0 amide bonds. The van der Waals surface area contributed by atoms with Gasteiger partial charge >= 0.3 is 0 Å². The number of rotatable bonds is 16. The molecule has 5 nitrogen and oxygen atoms in total. The van der Waals surface area contributed by atoms with E-state index in [9.17, 15) is 0 Å². The Morgan fingerprint density at radius 1 is 0.957 bits per heavy atom. The Labute approximate surface area is 141 Å². The number of unbranched alkanes of at least 4 members (excludes halogenated alkanes) is 11. The second kappa shape index (κ2) is 13.6. The lowest BCUT2D eigenvalue weighted by atomic mass is 10.0. The van der Waals surface area contributed by atoms with Gasteiger partial charge in [0.05, 0.1) is 24.9 Å². The fourth-order valence-corrected chi connectivity index (χ4v) is 3.19. The Morgan fingerprint density at radius 2 is 1.48 bits per heavy atom. The highest BCUT2D eigenvalue weighted by Gasteiger charge is 2.43. The number of hydrogen-bond acceptors (Lipinski definition) is 3. The van der Waals surface area contributed by atoms with Crippen LogP contribution >= 0.6 is 0 Å². The highest BCUT2D eigenvalue weighted by molar-refractivity contribution is 4.94. The molecule has 5 heteroatoms. The number of aliphatic hydroxyl groups is 1. The zero-order valence-electron chi connectivity index (χ0n) is 14.8. The predicted octanol–water partition coefficient (Wildman–Crippen LogP) is 5.52. The van der Waals surface area contributed by atoms with E-state index in [1.165, 1.54) is 77.0 Å². The lowest BCUT2D eigenvalue weighted by Gasteiger charge is -2.03. The second-order valence-corrected chi connectivity index (χ2v) is 6.77. The molecule has 1 aliphatic heterocycles. The largest absolute Gasteiger partial charge is 0.396 e. The molecule has 1 aliphatic rings. The summed E-state index contributed by atoms with van der Waals surface area (Å²) in [6.07, 6.45) is 17.4. The number of azide groups is 1. The first-order valence-electron chi connectivity index (χ1n) is 9.64. The molecule has 0 unspecified atom stereocenters. The van der Waals surface area contributed by atoms with E-state index >= 15 is 0 Å². The molecule has 0 spiro atoms. The van der Waals surface area contributed by atoms with Crippen molar-refractivity contribution in [3.05, 3.63) is 10.4 Å². The van der Waals surface area contributed by atoms with Gasteiger partial charge in [0.1, 0.15) is 0 Å². The van der Waals surface area contributed by atoms with Gasteiger partial charge in [-0.2, -0.15) is 0 Å². The van der Waals surface area contributed by atoms with Crippen molar-refractivity contribution in [2.75, 3.05) is 6.61 Å². The number of ether oxygens (including phenoxy) is 1. The van der Waals surface area contributed by atoms with Crippen LogP contribution in [-0.2, 0) is 4.74 Å². The van der Waals surface area contributed by atoms with Crippen molar-refractivity contribution in [1.82, 2.24) is 0 Å². The van der Waals surface area contributed by atoms with Crippen LogP contribution in [0.15, 0.2) is 5.11 Å². The first kappa shape index (κ1) is 20.3. The average molecular weight is 325 g/mol. The van der Waals surface area contributed by atoms with E-state index in [-0.39, 0.29) is 18.8 Å². The summed E-state index contributed by atoms with van der Waals surface area (Å²) >= 11 is 0. The Morgan fingerprint density at radius 3 is 1.96 bits per heavy atom. The third-order valence-electron chi connectivity index (χ3n) is 4.73. The number of nitrogens with zero attached hydrogens (tertiary/aromatic N) is 3. The average Bonchev–Trinajstić information content (AvgIpc) is 3.33. The standard InChI is InChI=1S/C18H35N3O2/c1-2-3-4-5-6-7-8-9-10-11-12-13-14-17-18(23-17)16(15-22)20-21-19/h16-18,22H,2-15H2,1H3/t16-,17+,18-/m0/s1. The molecule has 0 bridgehead atoms. The first-order valence-corrected chi connectivity index (χ1v) is 9.64. The molecule has 1 N–H and O–H groups in total. The zero-order chi connectivity index (χ0) is 16.8. The first-order chi connectivity index (χ1) is 11.3. The van der Waals surface area contributed by atoms with Gasteiger partial charge in [0.2, 0.25) is 0 Å². The van der Waals surface area contributed by atoms with Crippen LogP contribution in [0.4, 0.5) is 0 Å². The van der Waals surface area contributed by atoms with Crippen LogP contribution in [0.5, 0.6) is 0 Å². The van der Waals surface area contributed by atoms with Crippen molar-refractivity contribution >= 4 is 0 Å². The van der Waals surface area contributed by atoms with Crippen LogP contribution in [-0.4, -0.2) is 30.0 Å². The van der Waals surface area contributed by atoms with Crippen LogP contribution < -0.4 is 0 Å². The molecule has 3 atom stereocenters. The molecular weight excluding hydrogens is 290 g/mol. The van der Waals surface area contributed by atoms with Gasteiger partial charge in [-0.05, 0) is 12.0 Å². The maximum absolute atomic E-state index is 9.11. The van der Waals surface area contributed by atoms with Crippen LogP contribution in [0.25, 0.3) is 10.4 Å². The monoisotopic (exact) mass is 325 g/mol. The summed E-state index contributed by atoms with van der Waals surface area (Å²) in [6, 6.07) is -0.401. The lowest BCUT2D eigenvalue weighted by molar-refractivity contribution is 0.235. The van der Waals surface area contributed by atoms with Crippen LogP contribution in [0.3, 0.4) is 0 Å². The Hall–Kier alpha value is -0.770. The molecule has 1 rings (SSSR count). The Balaban J connectivity index is 1.82. The van der Waals surface area contributed by atoms with Crippen molar-refractivity contribution in [2.45, 2.75) is 109 Å². The van der Waals surface area contributed by atoms with Crippen LogP contribution in [0, 0.1) is 0 Å². The van der Waals surface area contributed by atoms with Gasteiger partial charge < -0.3 is 9.84 Å². The Bertz CT molecular complexity index is 332. The summed E-state index contributed by atoms with van der Waals surface area (Å²) in [5.41, 5.74) is 8.41. The van der Waals surface area contributed by atoms with E-state index in [0.29, 0.717) is 0 Å². The van der Waals surface area contributed by atoms with Crippen molar-refractivity contribution in [3.63, 3.8) is 0 Å². The third kappa shape index (κ3) is 9.85. The summed E-state index contributed by atoms with van der Waals surface area (Å²) in [5, 5.41) is 12.7. The fourth-order valence-electron chi connectivity index (χ4n) is 3.19. The fraction of sp³-hybridized carbons (Fsp3) is 1.00. The number of hydrogen-bond donors (Lipinski definition) is 1. The van der Waals surface area contributed by atoms with Gasteiger partial charge in [-0.1, -0.05) is 89.1 Å². The smallest absolute Gasteiger partial charge is 0.0948 e. The van der Waals surface area contributed by atoms with Gasteiger partial charge in [0.25, 0.3) is 0 Å². The van der Waals surface area contributed by atoms with Gasteiger partial charge in [0, 0.05) is 4.91 Å². The van der Waals surface area contributed by atoms with Crippen LogP contribution in [0.1, 0.15) is 90.4 Å². The zero-order valence-corrected chi connectivity index (χ0v) is 14.8. The van der Waals surface area contributed by atoms with E-state index in [0.717, 1.165) is 6.42 Å². The highest BCUT2D eigenvalue weighted by atomic mass is 16.6. The van der Waals surface area contributed by atoms with E-state index in [1.54, 1.807) is 0 Å². The van der Waals surface area contributed by atoms with Crippen molar-refractivity contribution in [2.24, 2.45) is 5.11 Å². The van der Waals surface area contributed by atoms with E-state index in [4.69, 9.17) is 15.4 Å². The number of epoxide rings is 1. The van der Waals surface area contributed by atoms with Gasteiger partial charge in [-0.25, -0.2) is 0 Å². The molecule has 134 valence electrons. The molecule has 0 aromatic carbocycles. The predicted molar refractivity (Wildman–Crippen MR) is 94.4 cm³/mol. The van der Waals surface area contributed by atoms with E-state index in [1.807, 2.05) is 0 Å². The van der Waals surface area contributed by atoms with E-state index in [2.05, 4.69) is 16.9 Å². The molecule has 0 aromatic heterocycles. The molecule has 23 heavy (non-hydrogen) atoms. The van der Waals surface area contributed by atoms with Crippen LogP contribution in [0.2, 0.25) is 0 Å². The molecule has 1 heterocycles. The number of aliphatic hydroxyl groups excluding tert-OH is 1. The SMILES string of the molecule is CCCCCCCCCCCCCC[C@H]1O[C@H]1[C@H](CO)N=[N+]=[N-]. The summed E-state index contributed by atoms with van der Waals surface area (Å²) < 4.78 is 5.50. The lowest BCUT2D eigenvalue weighted by Crippen LogP contribution is -2.18. The molecular formula is C18H35N3O2. The summed E-state index contributed by atoms with van der Waals surface area (Å²) in [5.74, 6) is 0. The maximum atomic E-state index is 9.11. The molecule has 1 saturated heterocycles. The molecule has 1 fully saturated rings. The second-order valence-electron chi connectivity index (χ2n) is 6.77. The molecule has 0 aliphatic carbocycles. The van der Waals surface area contributed by atoms with Gasteiger partial charge in [-0.3, -0.25) is 0 Å². The van der Waals surface area contributed by atoms with Crippen molar-refractivity contribution in [3.8, 4) is 0 Å². The minimum Gasteiger partial charge on any atom is -0.396 e. The normalized spacial score (nSPS) is 21.0. The summed E-state index contributed by atoms with van der Waals surface area (Å²) in [7, 11) is 0. The molecule has 0 saturated carbocycles.